The van der Waals surface area contributed by atoms with Crippen LogP contribution in [0.1, 0.15) is 22.5 Å². The first kappa shape index (κ1) is 19.8. The first-order valence-electron chi connectivity index (χ1n) is 10.2. The van der Waals surface area contributed by atoms with Crippen LogP contribution in [0.4, 0.5) is 0 Å². The highest BCUT2D eigenvalue weighted by molar-refractivity contribution is 7.91. The molecule has 7 nitrogen and oxygen atoms in total. The maximum Gasteiger partial charge on any atom is 0.261 e. The van der Waals surface area contributed by atoms with Gasteiger partial charge in [0.2, 0.25) is 0 Å². The normalized spacial score (nSPS) is 25.3. The Balaban J connectivity index is 1.32. The van der Waals surface area contributed by atoms with Crippen molar-refractivity contribution in [1.82, 2.24) is 10.2 Å². The predicted molar refractivity (Wildman–Crippen MR) is 115 cm³/mol. The maximum atomic E-state index is 12.9. The van der Waals surface area contributed by atoms with E-state index in [0.29, 0.717) is 23.8 Å². The van der Waals surface area contributed by atoms with Crippen LogP contribution in [-0.4, -0.2) is 69.1 Å². The zero-order chi connectivity index (χ0) is 20.7. The summed E-state index contributed by atoms with van der Waals surface area (Å²) in [6.45, 7) is 2.88. The van der Waals surface area contributed by atoms with Crippen LogP contribution in [0.25, 0.3) is 10.4 Å². The second-order valence-corrected chi connectivity index (χ2v) is 11.2. The molecule has 2 fully saturated rings. The van der Waals surface area contributed by atoms with Crippen molar-refractivity contribution in [2.24, 2.45) is 0 Å². The predicted octanol–water partition coefficient (Wildman–Crippen LogP) is 2.18. The van der Waals surface area contributed by atoms with Gasteiger partial charge in [0, 0.05) is 10.9 Å². The number of likely N-dealkylation sites (tertiary alicyclic amines) is 1. The molecule has 9 heteroatoms. The number of hydrogen-bond donors (Lipinski definition) is 1. The summed E-state index contributed by atoms with van der Waals surface area (Å²) in [6.07, 6.45) is 2.17. The van der Waals surface area contributed by atoms with E-state index in [9.17, 15) is 13.2 Å². The highest BCUT2D eigenvalue weighted by Gasteiger charge is 2.42. The van der Waals surface area contributed by atoms with E-state index < -0.39 is 9.84 Å². The first-order valence-corrected chi connectivity index (χ1v) is 12.9. The summed E-state index contributed by atoms with van der Waals surface area (Å²) in [6, 6.07) is 8.98. The van der Waals surface area contributed by atoms with Crippen molar-refractivity contribution < 1.29 is 22.7 Å². The molecule has 4 heterocycles. The fraction of sp³-hybridized carbons (Fsp3) is 0.476. The number of thiophene rings is 1. The van der Waals surface area contributed by atoms with Gasteiger partial charge in [0.15, 0.2) is 21.3 Å². The largest absolute Gasteiger partial charge is 0.486 e. The third-order valence-corrected chi connectivity index (χ3v) is 8.75. The maximum absolute atomic E-state index is 12.9. The smallest absolute Gasteiger partial charge is 0.261 e. The summed E-state index contributed by atoms with van der Waals surface area (Å²) in [5.41, 5.74) is 0.960. The Kier molecular flexibility index (Phi) is 5.20. The number of benzene rings is 1. The Bertz CT molecular complexity index is 1060. The van der Waals surface area contributed by atoms with Gasteiger partial charge in [-0.1, -0.05) is 0 Å². The average Bonchev–Trinajstić information content (AvgIpc) is 3.47. The van der Waals surface area contributed by atoms with Crippen LogP contribution in [0.5, 0.6) is 11.5 Å². The molecule has 2 unspecified atom stereocenters. The summed E-state index contributed by atoms with van der Waals surface area (Å²) in [5, 5.41) is 3.00. The van der Waals surface area contributed by atoms with Crippen molar-refractivity contribution in [2.45, 2.75) is 24.9 Å². The number of rotatable bonds is 4. The molecule has 5 rings (SSSR count). The van der Waals surface area contributed by atoms with E-state index in [1.165, 1.54) is 11.3 Å². The molecule has 1 aromatic carbocycles. The van der Waals surface area contributed by atoms with Crippen molar-refractivity contribution in [2.75, 3.05) is 37.8 Å². The molecule has 1 N–H and O–H groups in total. The van der Waals surface area contributed by atoms with E-state index in [0.717, 1.165) is 42.1 Å². The molecule has 0 bridgehead atoms. The molecule has 2 aromatic rings. The van der Waals surface area contributed by atoms with E-state index in [-0.39, 0.29) is 29.5 Å². The second-order valence-electron chi connectivity index (χ2n) is 7.99. The minimum Gasteiger partial charge on any atom is -0.486 e. The molecule has 30 heavy (non-hydrogen) atoms. The van der Waals surface area contributed by atoms with Crippen LogP contribution in [0, 0.1) is 0 Å². The molecule has 3 aliphatic rings. The number of nitrogens with one attached hydrogen (secondary N) is 1. The fourth-order valence-corrected chi connectivity index (χ4v) is 7.31. The van der Waals surface area contributed by atoms with Crippen LogP contribution in [0.2, 0.25) is 0 Å². The Hall–Kier alpha value is -2.10. The van der Waals surface area contributed by atoms with E-state index in [1.807, 2.05) is 24.3 Å². The molecule has 2 saturated heterocycles. The van der Waals surface area contributed by atoms with E-state index >= 15 is 0 Å². The van der Waals surface area contributed by atoms with Gasteiger partial charge in [-0.2, -0.15) is 0 Å². The van der Waals surface area contributed by atoms with Gasteiger partial charge in [0.1, 0.15) is 13.2 Å². The summed E-state index contributed by atoms with van der Waals surface area (Å²) in [5.74, 6) is 1.37. The van der Waals surface area contributed by atoms with Gasteiger partial charge in [0.25, 0.3) is 5.91 Å². The van der Waals surface area contributed by atoms with Gasteiger partial charge in [0.05, 0.1) is 22.4 Å². The van der Waals surface area contributed by atoms with Crippen LogP contribution >= 0.6 is 11.3 Å². The summed E-state index contributed by atoms with van der Waals surface area (Å²) < 4.78 is 35.7. The quantitative estimate of drug-likeness (QED) is 0.772. The summed E-state index contributed by atoms with van der Waals surface area (Å²) in [7, 11) is -3.14. The topological polar surface area (TPSA) is 84.9 Å². The molecule has 1 amide bonds. The van der Waals surface area contributed by atoms with Crippen molar-refractivity contribution in [3.05, 3.63) is 35.2 Å². The number of hydrogen-bond acceptors (Lipinski definition) is 7. The highest BCUT2D eigenvalue weighted by Crippen LogP contribution is 2.37. The molecule has 3 aliphatic heterocycles. The Morgan fingerprint density at radius 1 is 1.03 bits per heavy atom. The van der Waals surface area contributed by atoms with Crippen molar-refractivity contribution >= 4 is 27.1 Å². The molecule has 160 valence electrons. The lowest BCUT2D eigenvalue weighted by Crippen LogP contribution is -2.50. The lowest BCUT2D eigenvalue weighted by molar-refractivity contribution is 0.0923. The molecule has 0 radical (unpaired) electrons. The standard InChI is InChI=1S/C21H24N2O5S2/c24-21(22-15-12-30(25,26)13-16(15)23-7-1-2-8-23)20-6-5-19(29-20)14-3-4-17-18(11-14)28-10-9-27-17/h3-6,11,15-16H,1-2,7-10,12-13H2,(H,22,24). The van der Waals surface area contributed by atoms with Crippen molar-refractivity contribution in [1.29, 1.82) is 0 Å². The van der Waals surface area contributed by atoms with Crippen LogP contribution in [-0.2, 0) is 9.84 Å². The summed E-state index contributed by atoms with van der Waals surface area (Å²) >= 11 is 1.39. The second kappa shape index (κ2) is 7.86. The van der Waals surface area contributed by atoms with Crippen molar-refractivity contribution in [3.8, 4) is 21.9 Å². The van der Waals surface area contributed by atoms with Gasteiger partial charge >= 0.3 is 0 Å². The third kappa shape index (κ3) is 3.93. The van der Waals surface area contributed by atoms with Crippen LogP contribution < -0.4 is 14.8 Å². The number of carbonyl (C=O) groups excluding carboxylic acids is 1. The SMILES string of the molecule is O=C(NC1CS(=O)(=O)CC1N1CCCC1)c1ccc(-c2ccc3c(c2)OCCO3)s1. The van der Waals surface area contributed by atoms with Gasteiger partial charge in [-0.25, -0.2) is 8.42 Å². The first-order chi connectivity index (χ1) is 14.5. The minimum absolute atomic E-state index is 0.0142. The molecule has 1 aromatic heterocycles. The van der Waals surface area contributed by atoms with Gasteiger partial charge in [-0.15, -0.1) is 11.3 Å². The van der Waals surface area contributed by atoms with Gasteiger partial charge in [-0.05, 0) is 61.8 Å². The third-order valence-electron chi connectivity index (χ3n) is 5.91. The van der Waals surface area contributed by atoms with E-state index in [4.69, 9.17) is 9.47 Å². The van der Waals surface area contributed by atoms with Gasteiger partial charge in [-0.3, -0.25) is 9.69 Å². The molecule has 0 spiro atoms. The Morgan fingerprint density at radius 3 is 2.60 bits per heavy atom. The number of ether oxygens (including phenoxy) is 2. The van der Waals surface area contributed by atoms with Crippen LogP contribution in [0.3, 0.4) is 0 Å². The fourth-order valence-electron chi connectivity index (χ4n) is 4.45. The lowest BCUT2D eigenvalue weighted by Gasteiger charge is -2.28. The molecule has 0 aliphatic carbocycles. The summed E-state index contributed by atoms with van der Waals surface area (Å²) in [4.78, 5) is 16.6. The Labute approximate surface area is 179 Å². The zero-order valence-corrected chi connectivity index (χ0v) is 18.1. The number of nitrogens with zero attached hydrogens (tertiary/aromatic N) is 1. The van der Waals surface area contributed by atoms with Crippen LogP contribution in [0.15, 0.2) is 30.3 Å². The number of amides is 1. The number of carbonyl (C=O) groups is 1. The van der Waals surface area contributed by atoms with Gasteiger partial charge < -0.3 is 14.8 Å². The minimum atomic E-state index is -3.14. The molecular formula is C21H24N2O5S2. The highest BCUT2D eigenvalue weighted by atomic mass is 32.2. The lowest BCUT2D eigenvalue weighted by atomic mass is 10.1. The monoisotopic (exact) mass is 448 g/mol. The molecular weight excluding hydrogens is 424 g/mol. The molecule has 2 atom stereocenters. The molecule has 0 saturated carbocycles. The van der Waals surface area contributed by atoms with E-state index in [1.54, 1.807) is 6.07 Å². The zero-order valence-electron chi connectivity index (χ0n) is 16.5. The van der Waals surface area contributed by atoms with Crippen molar-refractivity contribution in [3.63, 3.8) is 0 Å². The number of fused-ring (bicyclic) bond motifs is 1. The average molecular weight is 449 g/mol. The van der Waals surface area contributed by atoms with E-state index in [2.05, 4.69) is 10.2 Å². The Morgan fingerprint density at radius 2 is 1.80 bits per heavy atom. The number of sulfone groups is 1.